The van der Waals surface area contributed by atoms with Gasteiger partial charge in [-0.1, -0.05) is 0 Å². The van der Waals surface area contributed by atoms with E-state index >= 15 is 0 Å². The lowest BCUT2D eigenvalue weighted by atomic mass is 10.0. The molecule has 1 aromatic rings. The number of nitrogens with one attached hydrogen (secondary N) is 1. The molecule has 0 aliphatic heterocycles. The maximum absolute atomic E-state index is 12.2. The number of aromatic amines is 1. The van der Waals surface area contributed by atoms with E-state index in [2.05, 4.69) is 4.98 Å². The number of nitrogens with two attached hydrogens (primary N) is 1. The molecule has 0 saturated heterocycles. The van der Waals surface area contributed by atoms with Gasteiger partial charge in [0.2, 0.25) is 0 Å². The highest BCUT2D eigenvalue weighted by molar-refractivity contribution is 6.07. The van der Waals surface area contributed by atoms with Crippen LogP contribution in [0.15, 0.2) is 4.79 Å². The Balaban J connectivity index is 3.61. The van der Waals surface area contributed by atoms with Gasteiger partial charge in [0.25, 0.3) is 5.56 Å². The largest absolute Gasteiger partial charge is 0.459 e. The summed E-state index contributed by atoms with van der Waals surface area (Å²) in [5.74, 6) is -2.26. The number of carbonyl (C=O) groups excluding carboxylic acids is 2. The highest BCUT2D eigenvalue weighted by Gasteiger charge is 2.29. The van der Waals surface area contributed by atoms with Gasteiger partial charge in [0.15, 0.2) is 0 Å². The maximum Gasteiger partial charge on any atom is 0.343 e. The quantitative estimate of drug-likeness (QED) is 0.790. The van der Waals surface area contributed by atoms with Crippen molar-refractivity contribution in [2.45, 2.75) is 39.9 Å². The Bertz CT molecular complexity index is 698. The van der Waals surface area contributed by atoms with Crippen LogP contribution < -0.4 is 11.3 Å². The van der Waals surface area contributed by atoms with Crippen molar-refractivity contribution in [1.82, 2.24) is 4.98 Å². The Labute approximate surface area is 126 Å². The van der Waals surface area contributed by atoms with Gasteiger partial charge in [-0.25, -0.2) is 9.59 Å². The van der Waals surface area contributed by atoms with Crippen LogP contribution in [-0.4, -0.2) is 29.1 Å². The third-order valence-electron chi connectivity index (χ3n) is 2.45. The fraction of sp³-hybridized carbons (Fsp3) is 0.429. The fourth-order valence-corrected chi connectivity index (χ4v) is 1.69. The van der Waals surface area contributed by atoms with Gasteiger partial charge in [-0.3, -0.25) is 4.79 Å². The maximum atomic E-state index is 12.2. The van der Waals surface area contributed by atoms with E-state index in [1.54, 1.807) is 33.8 Å². The zero-order valence-electron chi connectivity index (χ0n) is 12.7. The molecule has 0 atom stereocenters. The van der Waals surface area contributed by atoms with Gasteiger partial charge in [-0.05, 0) is 27.7 Å². The molecule has 1 heterocycles. The molecule has 0 aromatic carbocycles. The summed E-state index contributed by atoms with van der Waals surface area (Å²) in [6, 6.07) is 1.59. The summed E-state index contributed by atoms with van der Waals surface area (Å²) in [5.41, 5.74) is 3.33. The van der Waals surface area contributed by atoms with Gasteiger partial charge in [0, 0.05) is 0 Å². The first-order valence-corrected chi connectivity index (χ1v) is 6.56. The molecular formula is C14H17N3O5. The molecule has 0 spiro atoms. The summed E-state index contributed by atoms with van der Waals surface area (Å²) < 4.78 is 9.97. The van der Waals surface area contributed by atoms with Crippen LogP contribution in [0, 0.1) is 11.3 Å². The highest BCUT2D eigenvalue weighted by Crippen LogP contribution is 2.20. The van der Waals surface area contributed by atoms with Crippen LogP contribution in [0.1, 0.15) is 54.0 Å². The molecular weight excluding hydrogens is 290 g/mol. The van der Waals surface area contributed by atoms with E-state index in [0.717, 1.165) is 0 Å². The number of nitrogen functional groups attached to an aromatic ring is 1. The van der Waals surface area contributed by atoms with Gasteiger partial charge in [0.1, 0.15) is 28.6 Å². The number of ether oxygens (including phenoxy) is 2. The van der Waals surface area contributed by atoms with Crippen molar-refractivity contribution in [3.63, 3.8) is 0 Å². The number of H-pyrrole nitrogens is 1. The zero-order chi connectivity index (χ0) is 17.0. The number of nitrogens with zero attached hydrogens (tertiary/aromatic N) is 1. The van der Waals surface area contributed by atoms with Crippen LogP contribution in [0.25, 0.3) is 0 Å². The SMILES string of the molecule is CC(C)OC(=O)c1c(N)[nH]c(=O)c(C#N)c1C(=O)OC(C)C. The van der Waals surface area contributed by atoms with E-state index in [-0.39, 0.29) is 11.4 Å². The first-order chi connectivity index (χ1) is 10.2. The van der Waals surface area contributed by atoms with E-state index in [1.807, 2.05) is 0 Å². The molecule has 0 fully saturated rings. The number of aromatic nitrogens is 1. The molecule has 0 amide bonds. The minimum atomic E-state index is -0.986. The number of hydrogen-bond donors (Lipinski definition) is 2. The molecule has 0 unspecified atom stereocenters. The van der Waals surface area contributed by atoms with E-state index in [4.69, 9.17) is 20.5 Å². The second kappa shape index (κ2) is 6.76. The molecule has 3 N–H and O–H groups in total. The van der Waals surface area contributed by atoms with Gasteiger partial charge in [-0.15, -0.1) is 0 Å². The van der Waals surface area contributed by atoms with E-state index in [1.165, 1.54) is 0 Å². The van der Waals surface area contributed by atoms with Gasteiger partial charge < -0.3 is 20.2 Å². The van der Waals surface area contributed by atoms with Gasteiger partial charge >= 0.3 is 11.9 Å². The molecule has 0 aliphatic rings. The standard InChI is InChI=1S/C14H17N3O5/c1-6(2)21-13(19)9-8(5-15)12(18)17-11(16)10(9)14(20)22-7(3)4/h6-7H,1-4H3,(H3,16,17,18). The second-order valence-corrected chi connectivity index (χ2v) is 5.01. The van der Waals surface area contributed by atoms with Crippen LogP contribution in [0.3, 0.4) is 0 Å². The molecule has 8 heteroatoms. The molecule has 0 saturated carbocycles. The number of anilines is 1. The lowest BCUT2D eigenvalue weighted by Gasteiger charge is -2.15. The molecule has 0 bridgehead atoms. The molecule has 22 heavy (non-hydrogen) atoms. The minimum absolute atomic E-state index is 0.356. The number of esters is 2. The smallest absolute Gasteiger partial charge is 0.343 e. The van der Waals surface area contributed by atoms with E-state index < -0.39 is 40.8 Å². The van der Waals surface area contributed by atoms with Crippen LogP contribution in [0.2, 0.25) is 0 Å². The molecule has 8 nitrogen and oxygen atoms in total. The predicted octanol–water partition coefficient (Wildman–Crippen LogP) is 0.959. The van der Waals surface area contributed by atoms with Gasteiger partial charge in [-0.2, -0.15) is 5.26 Å². The third-order valence-corrected chi connectivity index (χ3v) is 2.45. The molecule has 0 radical (unpaired) electrons. The Kier molecular flexibility index (Phi) is 5.29. The van der Waals surface area contributed by atoms with Crippen LogP contribution >= 0.6 is 0 Å². The molecule has 118 valence electrons. The summed E-state index contributed by atoms with van der Waals surface area (Å²) in [7, 11) is 0. The topological polar surface area (TPSA) is 135 Å². The van der Waals surface area contributed by atoms with Crippen molar-refractivity contribution in [3.8, 4) is 6.07 Å². The van der Waals surface area contributed by atoms with Crippen LogP contribution in [0.5, 0.6) is 0 Å². The molecule has 1 aromatic heterocycles. The van der Waals surface area contributed by atoms with E-state index in [0.29, 0.717) is 0 Å². The number of pyridine rings is 1. The van der Waals surface area contributed by atoms with Crippen molar-refractivity contribution < 1.29 is 19.1 Å². The Morgan fingerprint density at radius 2 is 1.55 bits per heavy atom. The van der Waals surface area contributed by atoms with Crippen LogP contribution in [-0.2, 0) is 9.47 Å². The third kappa shape index (κ3) is 3.63. The minimum Gasteiger partial charge on any atom is -0.459 e. The molecule has 1 rings (SSSR count). The summed E-state index contributed by atoms with van der Waals surface area (Å²) in [6.45, 7) is 6.40. The van der Waals surface area contributed by atoms with Gasteiger partial charge in [0.05, 0.1) is 12.2 Å². The predicted molar refractivity (Wildman–Crippen MR) is 77.3 cm³/mol. The molecule has 0 aliphatic carbocycles. The van der Waals surface area contributed by atoms with Crippen molar-refractivity contribution in [2.24, 2.45) is 0 Å². The summed E-state index contributed by atoms with van der Waals surface area (Å²) in [4.78, 5) is 38.2. The van der Waals surface area contributed by atoms with Crippen molar-refractivity contribution in [3.05, 3.63) is 27.0 Å². The summed E-state index contributed by atoms with van der Waals surface area (Å²) in [5, 5.41) is 9.09. The summed E-state index contributed by atoms with van der Waals surface area (Å²) >= 11 is 0. The fourth-order valence-electron chi connectivity index (χ4n) is 1.69. The van der Waals surface area contributed by atoms with Crippen LogP contribution in [0.4, 0.5) is 5.82 Å². The Morgan fingerprint density at radius 3 is 1.95 bits per heavy atom. The Morgan fingerprint density at radius 1 is 1.09 bits per heavy atom. The monoisotopic (exact) mass is 307 g/mol. The number of carbonyl (C=O) groups is 2. The lowest BCUT2D eigenvalue weighted by molar-refractivity contribution is 0.0328. The zero-order valence-corrected chi connectivity index (χ0v) is 12.7. The first-order valence-electron chi connectivity index (χ1n) is 6.56. The van der Waals surface area contributed by atoms with Crippen molar-refractivity contribution in [1.29, 1.82) is 5.26 Å². The number of hydrogen-bond acceptors (Lipinski definition) is 7. The highest BCUT2D eigenvalue weighted by atomic mass is 16.5. The average molecular weight is 307 g/mol. The average Bonchev–Trinajstić information content (AvgIpc) is 2.35. The second-order valence-electron chi connectivity index (χ2n) is 5.01. The number of rotatable bonds is 4. The number of nitriles is 1. The summed E-state index contributed by atoms with van der Waals surface area (Å²) in [6.07, 6.45) is -0.980. The normalized spacial score (nSPS) is 10.4. The van der Waals surface area contributed by atoms with Crippen molar-refractivity contribution >= 4 is 17.8 Å². The lowest BCUT2D eigenvalue weighted by Crippen LogP contribution is -2.27. The van der Waals surface area contributed by atoms with Crippen molar-refractivity contribution in [2.75, 3.05) is 5.73 Å². The Hall–Kier alpha value is -2.82. The van der Waals surface area contributed by atoms with E-state index in [9.17, 15) is 14.4 Å². The first kappa shape index (κ1) is 17.2.